The van der Waals surface area contributed by atoms with Crippen LogP contribution < -0.4 is 5.32 Å². The smallest absolute Gasteiger partial charge is 0.326 e. The van der Waals surface area contributed by atoms with Crippen molar-refractivity contribution in [2.24, 2.45) is 5.92 Å². The van der Waals surface area contributed by atoms with Crippen LogP contribution in [0.25, 0.3) is 0 Å². The molecule has 0 radical (unpaired) electrons. The van der Waals surface area contributed by atoms with E-state index >= 15 is 0 Å². The molecular weight excluding hydrogens is 242 g/mol. The van der Waals surface area contributed by atoms with Crippen molar-refractivity contribution in [3.8, 4) is 0 Å². The number of hydrogen-bond donors (Lipinski definition) is 2. The topological polar surface area (TPSA) is 66.4 Å². The molecule has 0 heterocycles. The Morgan fingerprint density at radius 1 is 1.26 bits per heavy atom. The third-order valence-electron chi connectivity index (χ3n) is 2.94. The van der Waals surface area contributed by atoms with Crippen LogP contribution >= 0.6 is 0 Å². The predicted octanol–water partition coefficient (Wildman–Crippen LogP) is 2.53. The lowest BCUT2D eigenvalue weighted by Gasteiger charge is -2.17. The number of aliphatic carboxylic acids is 1. The van der Waals surface area contributed by atoms with Gasteiger partial charge >= 0.3 is 5.97 Å². The Bertz CT molecular complexity index is 480. The second-order valence-electron chi connectivity index (χ2n) is 5.31. The fourth-order valence-corrected chi connectivity index (χ4v) is 2.00. The predicted molar refractivity (Wildman–Crippen MR) is 74.3 cm³/mol. The molecule has 1 aromatic carbocycles. The van der Waals surface area contributed by atoms with Gasteiger partial charge in [-0.15, -0.1) is 0 Å². The van der Waals surface area contributed by atoms with Gasteiger partial charge in [0.05, 0.1) is 0 Å². The van der Waals surface area contributed by atoms with Crippen LogP contribution in [0, 0.1) is 19.8 Å². The number of carboxylic acids is 1. The lowest BCUT2D eigenvalue weighted by molar-refractivity contribution is -0.139. The number of carboxylic acid groups (broad SMARTS) is 1. The first kappa shape index (κ1) is 15.2. The van der Waals surface area contributed by atoms with Crippen molar-refractivity contribution in [2.75, 3.05) is 0 Å². The molecule has 19 heavy (non-hydrogen) atoms. The van der Waals surface area contributed by atoms with Gasteiger partial charge in [-0.25, -0.2) is 4.79 Å². The molecule has 0 aliphatic rings. The minimum absolute atomic E-state index is 0.209. The van der Waals surface area contributed by atoms with Crippen molar-refractivity contribution in [2.45, 2.75) is 40.2 Å². The van der Waals surface area contributed by atoms with Gasteiger partial charge < -0.3 is 10.4 Å². The molecule has 0 fully saturated rings. The van der Waals surface area contributed by atoms with Gasteiger partial charge in [0, 0.05) is 5.56 Å². The minimum Gasteiger partial charge on any atom is -0.480 e. The van der Waals surface area contributed by atoms with E-state index in [2.05, 4.69) is 5.32 Å². The standard InChI is InChI=1S/C15H21NO3/c1-9(2)7-13(15(18)19)16-14(17)12-6-5-10(3)8-11(12)4/h5-6,8-9,13H,7H2,1-4H3,(H,16,17)(H,18,19)/t13-/m1/s1. The van der Waals surface area contributed by atoms with Gasteiger partial charge in [0.1, 0.15) is 6.04 Å². The van der Waals surface area contributed by atoms with E-state index in [9.17, 15) is 9.59 Å². The van der Waals surface area contributed by atoms with E-state index in [4.69, 9.17) is 5.11 Å². The zero-order valence-electron chi connectivity index (χ0n) is 11.9. The van der Waals surface area contributed by atoms with Crippen molar-refractivity contribution in [1.29, 1.82) is 0 Å². The molecule has 0 aromatic heterocycles. The Morgan fingerprint density at radius 3 is 2.37 bits per heavy atom. The summed E-state index contributed by atoms with van der Waals surface area (Å²) in [6.45, 7) is 7.66. The fourth-order valence-electron chi connectivity index (χ4n) is 2.00. The summed E-state index contributed by atoms with van der Waals surface area (Å²) in [4.78, 5) is 23.2. The zero-order chi connectivity index (χ0) is 14.6. The quantitative estimate of drug-likeness (QED) is 0.858. The Hall–Kier alpha value is -1.84. The number of benzene rings is 1. The summed E-state index contributed by atoms with van der Waals surface area (Å²) in [6, 6.07) is 4.65. The Kier molecular flexibility index (Phi) is 5.10. The average molecular weight is 263 g/mol. The van der Waals surface area contributed by atoms with Crippen molar-refractivity contribution < 1.29 is 14.7 Å². The molecule has 0 aliphatic heterocycles. The average Bonchev–Trinajstić information content (AvgIpc) is 2.26. The highest BCUT2D eigenvalue weighted by molar-refractivity contribution is 5.97. The fraction of sp³-hybridized carbons (Fsp3) is 0.467. The first-order valence-corrected chi connectivity index (χ1v) is 6.42. The van der Waals surface area contributed by atoms with Gasteiger partial charge in [-0.1, -0.05) is 31.5 Å². The van der Waals surface area contributed by atoms with Gasteiger partial charge in [-0.3, -0.25) is 4.79 Å². The van der Waals surface area contributed by atoms with E-state index in [1.165, 1.54) is 0 Å². The number of nitrogens with one attached hydrogen (secondary N) is 1. The number of aryl methyl sites for hydroxylation is 2. The van der Waals surface area contributed by atoms with E-state index < -0.39 is 12.0 Å². The van der Waals surface area contributed by atoms with Crippen LogP contribution in [0.2, 0.25) is 0 Å². The van der Waals surface area contributed by atoms with Crippen LogP contribution in [0.4, 0.5) is 0 Å². The lowest BCUT2D eigenvalue weighted by atomic mass is 10.0. The van der Waals surface area contributed by atoms with Gasteiger partial charge in [-0.2, -0.15) is 0 Å². The van der Waals surface area contributed by atoms with Gasteiger partial charge in [0.25, 0.3) is 5.91 Å². The number of hydrogen-bond acceptors (Lipinski definition) is 2. The number of carbonyl (C=O) groups excluding carboxylic acids is 1. The second kappa shape index (κ2) is 6.36. The molecule has 4 nitrogen and oxygen atoms in total. The van der Waals surface area contributed by atoms with Crippen molar-refractivity contribution in [3.63, 3.8) is 0 Å². The van der Waals surface area contributed by atoms with Crippen molar-refractivity contribution in [1.82, 2.24) is 5.32 Å². The van der Waals surface area contributed by atoms with E-state index in [0.29, 0.717) is 12.0 Å². The Balaban J connectivity index is 2.84. The minimum atomic E-state index is -0.994. The van der Waals surface area contributed by atoms with Gasteiger partial charge in [0.15, 0.2) is 0 Å². The molecule has 1 rings (SSSR count). The molecule has 0 saturated heterocycles. The number of amides is 1. The summed E-state index contributed by atoms with van der Waals surface area (Å²) < 4.78 is 0. The van der Waals surface area contributed by atoms with Crippen LogP contribution in [-0.4, -0.2) is 23.0 Å². The zero-order valence-corrected chi connectivity index (χ0v) is 11.9. The first-order valence-electron chi connectivity index (χ1n) is 6.42. The highest BCUT2D eigenvalue weighted by atomic mass is 16.4. The molecule has 1 aromatic rings. The summed E-state index contributed by atoms with van der Waals surface area (Å²) in [7, 11) is 0. The molecule has 0 unspecified atom stereocenters. The summed E-state index contributed by atoms with van der Waals surface area (Å²) in [5, 5.41) is 11.7. The van der Waals surface area contributed by atoms with E-state index in [-0.39, 0.29) is 11.8 Å². The van der Waals surface area contributed by atoms with Crippen LogP contribution in [0.5, 0.6) is 0 Å². The summed E-state index contributed by atoms with van der Waals surface area (Å²) in [6.07, 6.45) is 0.423. The first-order chi connectivity index (χ1) is 8.81. The van der Waals surface area contributed by atoms with E-state index in [1.54, 1.807) is 6.07 Å². The monoisotopic (exact) mass is 263 g/mol. The maximum absolute atomic E-state index is 12.1. The molecule has 4 heteroatoms. The van der Waals surface area contributed by atoms with E-state index in [1.807, 2.05) is 39.8 Å². The molecule has 2 N–H and O–H groups in total. The normalized spacial score (nSPS) is 12.3. The third kappa shape index (κ3) is 4.39. The highest BCUT2D eigenvalue weighted by Crippen LogP contribution is 2.12. The molecule has 1 amide bonds. The van der Waals surface area contributed by atoms with Crippen molar-refractivity contribution >= 4 is 11.9 Å². The molecular formula is C15H21NO3. The van der Waals surface area contributed by atoms with Gasteiger partial charge in [-0.05, 0) is 37.8 Å². The Morgan fingerprint density at radius 2 is 1.89 bits per heavy atom. The third-order valence-corrected chi connectivity index (χ3v) is 2.94. The lowest BCUT2D eigenvalue weighted by Crippen LogP contribution is -2.41. The maximum Gasteiger partial charge on any atom is 0.326 e. The summed E-state index contributed by atoms with van der Waals surface area (Å²) in [5.74, 6) is -1.11. The van der Waals surface area contributed by atoms with Crippen LogP contribution in [0.1, 0.15) is 41.8 Å². The summed E-state index contributed by atoms with van der Waals surface area (Å²) >= 11 is 0. The van der Waals surface area contributed by atoms with E-state index in [0.717, 1.165) is 11.1 Å². The van der Waals surface area contributed by atoms with Crippen molar-refractivity contribution in [3.05, 3.63) is 34.9 Å². The van der Waals surface area contributed by atoms with Crippen LogP contribution in [0.15, 0.2) is 18.2 Å². The molecule has 0 spiro atoms. The van der Waals surface area contributed by atoms with Crippen LogP contribution in [0.3, 0.4) is 0 Å². The molecule has 0 aliphatic carbocycles. The van der Waals surface area contributed by atoms with Gasteiger partial charge in [0.2, 0.25) is 0 Å². The highest BCUT2D eigenvalue weighted by Gasteiger charge is 2.22. The molecule has 1 atom stereocenters. The molecule has 0 bridgehead atoms. The summed E-state index contributed by atoms with van der Waals surface area (Å²) in [5.41, 5.74) is 2.46. The molecule has 0 saturated carbocycles. The number of carbonyl (C=O) groups is 2. The SMILES string of the molecule is Cc1ccc(C(=O)N[C@H](CC(C)C)C(=O)O)c(C)c1. The van der Waals surface area contributed by atoms with Crippen LogP contribution in [-0.2, 0) is 4.79 Å². The number of rotatable bonds is 5. The largest absolute Gasteiger partial charge is 0.480 e. The molecule has 104 valence electrons. The Labute approximate surface area is 113 Å². The maximum atomic E-state index is 12.1. The second-order valence-corrected chi connectivity index (χ2v) is 5.31.